The standard InChI is InChI=1S/C15H30N2O/c1-3-5-8-13(4-2)12-17-15(18)11-14-9-6-7-10-16-14/h13-14,16H,3-12H2,1-2H3,(H,17,18). The molecule has 2 N–H and O–H groups in total. The molecule has 1 saturated heterocycles. The molecule has 106 valence electrons. The van der Waals surface area contributed by atoms with Crippen molar-refractivity contribution in [3.8, 4) is 0 Å². The van der Waals surface area contributed by atoms with E-state index in [1.165, 1.54) is 38.5 Å². The molecule has 0 bridgehead atoms. The van der Waals surface area contributed by atoms with Crippen LogP contribution in [0.3, 0.4) is 0 Å². The normalized spacial score (nSPS) is 21.6. The van der Waals surface area contributed by atoms with Crippen molar-refractivity contribution in [1.29, 1.82) is 0 Å². The van der Waals surface area contributed by atoms with Gasteiger partial charge in [0.15, 0.2) is 0 Å². The minimum atomic E-state index is 0.226. The van der Waals surface area contributed by atoms with E-state index in [0.717, 1.165) is 19.5 Å². The SMILES string of the molecule is CCCCC(CC)CNC(=O)CC1CCCCN1. The van der Waals surface area contributed by atoms with Crippen molar-refractivity contribution in [2.75, 3.05) is 13.1 Å². The zero-order valence-corrected chi connectivity index (χ0v) is 12.1. The Hall–Kier alpha value is -0.570. The Bertz CT molecular complexity index is 225. The van der Waals surface area contributed by atoms with E-state index in [2.05, 4.69) is 24.5 Å². The van der Waals surface area contributed by atoms with Crippen molar-refractivity contribution >= 4 is 5.91 Å². The van der Waals surface area contributed by atoms with Crippen molar-refractivity contribution in [2.24, 2.45) is 5.92 Å². The number of carbonyl (C=O) groups excluding carboxylic acids is 1. The first-order valence-electron chi connectivity index (χ1n) is 7.76. The summed E-state index contributed by atoms with van der Waals surface area (Å²) in [6.45, 7) is 6.38. The van der Waals surface area contributed by atoms with Crippen LogP contribution in [-0.4, -0.2) is 25.0 Å². The lowest BCUT2D eigenvalue weighted by Crippen LogP contribution is -2.39. The number of piperidine rings is 1. The van der Waals surface area contributed by atoms with Crippen molar-refractivity contribution in [3.63, 3.8) is 0 Å². The summed E-state index contributed by atoms with van der Waals surface area (Å²) in [6.07, 6.45) is 9.27. The summed E-state index contributed by atoms with van der Waals surface area (Å²) in [5, 5.41) is 6.54. The van der Waals surface area contributed by atoms with E-state index in [4.69, 9.17) is 0 Å². The quantitative estimate of drug-likeness (QED) is 0.699. The van der Waals surface area contributed by atoms with Gasteiger partial charge in [0.05, 0.1) is 0 Å². The highest BCUT2D eigenvalue weighted by Crippen LogP contribution is 2.12. The molecule has 1 aliphatic heterocycles. The van der Waals surface area contributed by atoms with Crippen LogP contribution >= 0.6 is 0 Å². The molecule has 1 aliphatic rings. The van der Waals surface area contributed by atoms with Crippen LogP contribution in [0.15, 0.2) is 0 Å². The lowest BCUT2D eigenvalue weighted by Gasteiger charge is -2.23. The summed E-state index contributed by atoms with van der Waals surface area (Å²) < 4.78 is 0. The average Bonchev–Trinajstić information content (AvgIpc) is 2.40. The predicted molar refractivity (Wildman–Crippen MR) is 76.6 cm³/mol. The third kappa shape index (κ3) is 6.39. The first-order valence-corrected chi connectivity index (χ1v) is 7.76. The van der Waals surface area contributed by atoms with Gasteiger partial charge in [-0.3, -0.25) is 4.79 Å². The van der Waals surface area contributed by atoms with Gasteiger partial charge in [-0.15, -0.1) is 0 Å². The Labute approximate surface area is 112 Å². The molecule has 0 aliphatic carbocycles. The Morgan fingerprint density at radius 3 is 2.83 bits per heavy atom. The van der Waals surface area contributed by atoms with Gasteiger partial charge in [-0.1, -0.05) is 39.5 Å². The van der Waals surface area contributed by atoms with Crippen LogP contribution in [0.4, 0.5) is 0 Å². The monoisotopic (exact) mass is 254 g/mol. The topological polar surface area (TPSA) is 41.1 Å². The summed E-state index contributed by atoms with van der Waals surface area (Å²) in [4.78, 5) is 11.9. The third-order valence-corrected chi connectivity index (χ3v) is 3.98. The van der Waals surface area contributed by atoms with Crippen LogP contribution in [0.5, 0.6) is 0 Å². The van der Waals surface area contributed by atoms with Crippen molar-refractivity contribution in [1.82, 2.24) is 10.6 Å². The Kier molecular flexibility index (Phi) is 8.06. The maximum Gasteiger partial charge on any atom is 0.221 e. The van der Waals surface area contributed by atoms with Gasteiger partial charge in [0, 0.05) is 19.0 Å². The lowest BCUT2D eigenvalue weighted by atomic mass is 9.98. The summed E-state index contributed by atoms with van der Waals surface area (Å²) in [6, 6.07) is 0.412. The second kappa shape index (κ2) is 9.37. The maximum absolute atomic E-state index is 11.9. The van der Waals surface area contributed by atoms with Crippen LogP contribution in [0.1, 0.15) is 65.2 Å². The van der Waals surface area contributed by atoms with E-state index in [-0.39, 0.29) is 5.91 Å². The molecule has 2 atom stereocenters. The molecule has 0 radical (unpaired) electrons. The molecule has 18 heavy (non-hydrogen) atoms. The fourth-order valence-electron chi connectivity index (χ4n) is 2.60. The first kappa shape index (κ1) is 15.5. The first-order chi connectivity index (χ1) is 8.76. The predicted octanol–water partition coefficient (Wildman–Crippen LogP) is 2.85. The molecule has 3 nitrogen and oxygen atoms in total. The van der Waals surface area contributed by atoms with Gasteiger partial charge < -0.3 is 10.6 Å². The molecule has 0 aromatic heterocycles. The summed E-state index contributed by atoms with van der Waals surface area (Å²) >= 11 is 0. The number of nitrogens with one attached hydrogen (secondary N) is 2. The third-order valence-electron chi connectivity index (χ3n) is 3.98. The van der Waals surface area contributed by atoms with Crippen molar-refractivity contribution < 1.29 is 4.79 Å². The van der Waals surface area contributed by atoms with Gasteiger partial charge in [-0.05, 0) is 31.7 Å². The molecule has 0 saturated carbocycles. The van der Waals surface area contributed by atoms with Gasteiger partial charge in [0.25, 0.3) is 0 Å². The van der Waals surface area contributed by atoms with Crippen LogP contribution in [0.25, 0.3) is 0 Å². The number of hydrogen-bond acceptors (Lipinski definition) is 2. The average molecular weight is 254 g/mol. The van der Waals surface area contributed by atoms with Crippen molar-refractivity contribution in [2.45, 2.75) is 71.3 Å². The van der Waals surface area contributed by atoms with Gasteiger partial charge in [0.2, 0.25) is 5.91 Å². The van der Waals surface area contributed by atoms with Gasteiger partial charge in [0.1, 0.15) is 0 Å². The Balaban J connectivity index is 2.14. The highest BCUT2D eigenvalue weighted by atomic mass is 16.1. The zero-order valence-electron chi connectivity index (χ0n) is 12.1. The van der Waals surface area contributed by atoms with Gasteiger partial charge >= 0.3 is 0 Å². The molecule has 3 heteroatoms. The molecule has 1 rings (SSSR count). The van der Waals surface area contributed by atoms with Crippen LogP contribution in [-0.2, 0) is 4.79 Å². The van der Waals surface area contributed by atoms with Crippen LogP contribution in [0, 0.1) is 5.92 Å². The molecule has 0 aromatic rings. The van der Waals surface area contributed by atoms with Crippen LogP contribution < -0.4 is 10.6 Å². The van der Waals surface area contributed by atoms with E-state index in [1.807, 2.05) is 0 Å². The van der Waals surface area contributed by atoms with E-state index < -0.39 is 0 Å². The largest absolute Gasteiger partial charge is 0.356 e. The number of rotatable bonds is 8. The zero-order chi connectivity index (χ0) is 13.2. The van der Waals surface area contributed by atoms with Crippen LogP contribution in [0.2, 0.25) is 0 Å². The van der Waals surface area contributed by atoms with Gasteiger partial charge in [-0.25, -0.2) is 0 Å². The molecular weight excluding hydrogens is 224 g/mol. The number of carbonyl (C=O) groups is 1. The molecule has 0 spiro atoms. The maximum atomic E-state index is 11.9. The molecule has 2 unspecified atom stereocenters. The molecule has 1 amide bonds. The number of unbranched alkanes of at least 4 members (excludes halogenated alkanes) is 1. The van der Waals surface area contributed by atoms with E-state index in [0.29, 0.717) is 18.4 Å². The fraction of sp³-hybridized carbons (Fsp3) is 0.933. The van der Waals surface area contributed by atoms with E-state index in [1.54, 1.807) is 0 Å². The highest BCUT2D eigenvalue weighted by Gasteiger charge is 2.16. The fourth-order valence-corrected chi connectivity index (χ4v) is 2.60. The second-order valence-electron chi connectivity index (χ2n) is 5.57. The summed E-state index contributed by atoms with van der Waals surface area (Å²) in [5.41, 5.74) is 0. The highest BCUT2D eigenvalue weighted by molar-refractivity contribution is 5.76. The molecular formula is C15H30N2O. The number of hydrogen-bond donors (Lipinski definition) is 2. The number of amides is 1. The summed E-state index contributed by atoms with van der Waals surface area (Å²) in [5.74, 6) is 0.887. The lowest BCUT2D eigenvalue weighted by molar-refractivity contribution is -0.121. The minimum absolute atomic E-state index is 0.226. The summed E-state index contributed by atoms with van der Waals surface area (Å²) in [7, 11) is 0. The molecule has 1 fully saturated rings. The molecule has 1 heterocycles. The second-order valence-corrected chi connectivity index (χ2v) is 5.57. The minimum Gasteiger partial charge on any atom is -0.356 e. The smallest absolute Gasteiger partial charge is 0.221 e. The van der Waals surface area contributed by atoms with E-state index >= 15 is 0 Å². The van der Waals surface area contributed by atoms with E-state index in [9.17, 15) is 4.79 Å². The Morgan fingerprint density at radius 1 is 1.39 bits per heavy atom. The van der Waals surface area contributed by atoms with Gasteiger partial charge in [-0.2, -0.15) is 0 Å². The van der Waals surface area contributed by atoms with Crippen molar-refractivity contribution in [3.05, 3.63) is 0 Å². The molecule has 0 aromatic carbocycles. The Morgan fingerprint density at radius 2 is 2.22 bits per heavy atom.